The molecule has 0 fully saturated rings. The molecule has 2 rings (SSSR count). The fourth-order valence-corrected chi connectivity index (χ4v) is 1.82. The van der Waals surface area contributed by atoms with E-state index in [0.29, 0.717) is 22.4 Å². The Morgan fingerprint density at radius 2 is 1.83 bits per heavy atom. The molecule has 2 nitrogen and oxygen atoms in total. The molecule has 0 unspecified atom stereocenters. The first kappa shape index (κ1) is 12.3. The highest BCUT2D eigenvalue weighted by Crippen LogP contribution is 2.21. The van der Waals surface area contributed by atoms with Gasteiger partial charge in [-0.05, 0) is 49.2 Å². The van der Waals surface area contributed by atoms with Crippen molar-refractivity contribution in [3.63, 3.8) is 0 Å². The van der Waals surface area contributed by atoms with Crippen LogP contribution >= 0.6 is 0 Å². The summed E-state index contributed by atoms with van der Waals surface area (Å²) in [4.78, 5) is 12.3. The zero-order chi connectivity index (χ0) is 13.3. The molecule has 0 aliphatic heterocycles. The van der Waals surface area contributed by atoms with Gasteiger partial charge in [-0.15, -0.1) is 0 Å². The number of para-hydroxylation sites is 1. The van der Waals surface area contributed by atoms with Crippen LogP contribution in [-0.4, -0.2) is 5.78 Å². The van der Waals surface area contributed by atoms with Gasteiger partial charge in [-0.3, -0.25) is 4.79 Å². The molecule has 0 aliphatic carbocycles. The molecule has 92 valence electrons. The van der Waals surface area contributed by atoms with Gasteiger partial charge in [0.15, 0.2) is 5.78 Å². The van der Waals surface area contributed by atoms with Gasteiger partial charge < -0.3 is 5.73 Å². The number of nitrogens with two attached hydrogens (primary N) is 1. The van der Waals surface area contributed by atoms with Gasteiger partial charge in [-0.25, -0.2) is 4.39 Å². The molecule has 0 bridgehead atoms. The Kier molecular flexibility index (Phi) is 3.15. The second-order valence-electron chi connectivity index (χ2n) is 4.33. The first-order chi connectivity index (χ1) is 8.50. The van der Waals surface area contributed by atoms with Crippen LogP contribution in [0.3, 0.4) is 0 Å². The molecule has 0 amide bonds. The van der Waals surface area contributed by atoms with Crippen molar-refractivity contribution in [3.8, 4) is 0 Å². The maximum Gasteiger partial charge on any atom is 0.195 e. The number of aryl methyl sites for hydroxylation is 2. The summed E-state index contributed by atoms with van der Waals surface area (Å²) in [6, 6.07) is 9.64. The second kappa shape index (κ2) is 4.61. The van der Waals surface area contributed by atoms with Crippen LogP contribution in [0.5, 0.6) is 0 Å². The SMILES string of the molecule is Cc1cc(C(=O)c2cccc(C)c2N)ccc1F. The lowest BCUT2D eigenvalue weighted by atomic mass is 9.98. The molecule has 2 aromatic rings. The number of carbonyl (C=O) groups is 1. The van der Waals surface area contributed by atoms with E-state index in [1.54, 1.807) is 25.1 Å². The molecule has 3 heteroatoms. The summed E-state index contributed by atoms with van der Waals surface area (Å²) in [5.74, 6) is -0.497. The number of hydrogen-bond donors (Lipinski definition) is 1. The highest BCUT2D eigenvalue weighted by atomic mass is 19.1. The van der Waals surface area contributed by atoms with Crippen molar-refractivity contribution in [1.29, 1.82) is 0 Å². The van der Waals surface area contributed by atoms with E-state index in [2.05, 4.69) is 0 Å². The van der Waals surface area contributed by atoms with Gasteiger partial charge in [0.05, 0.1) is 0 Å². The van der Waals surface area contributed by atoms with E-state index in [1.165, 1.54) is 12.1 Å². The minimum Gasteiger partial charge on any atom is -0.398 e. The monoisotopic (exact) mass is 243 g/mol. The van der Waals surface area contributed by atoms with Gasteiger partial charge in [0.2, 0.25) is 0 Å². The number of carbonyl (C=O) groups excluding carboxylic acids is 1. The number of halogens is 1. The number of hydrogen-bond acceptors (Lipinski definition) is 2. The predicted molar refractivity (Wildman–Crippen MR) is 70.2 cm³/mol. The van der Waals surface area contributed by atoms with Crippen LogP contribution in [0.2, 0.25) is 0 Å². The Balaban J connectivity index is 2.48. The predicted octanol–water partition coefficient (Wildman–Crippen LogP) is 3.26. The molecule has 0 radical (unpaired) electrons. The van der Waals surface area contributed by atoms with Crippen molar-refractivity contribution in [1.82, 2.24) is 0 Å². The summed E-state index contributed by atoms with van der Waals surface area (Å²) < 4.78 is 13.2. The van der Waals surface area contributed by atoms with Crippen molar-refractivity contribution in [2.45, 2.75) is 13.8 Å². The second-order valence-corrected chi connectivity index (χ2v) is 4.33. The summed E-state index contributed by atoms with van der Waals surface area (Å²) in [5.41, 5.74) is 8.59. The average Bonchev–Trinajstić information content (AvgIpc) is 2.35. The van der Waals surface area contributed by atoms with Crippen molar-refractivity contribution in [3.05, 3.63) is 64.5 Å². The zero-order valence-corrected chi connectivity index (χ0v) is 10.3. The summed E-state index contributed by atoms with van der Waals surface area (Å²) >= 11 is 0. The van der Waals surface area contributed by atoms with Crippen LogP contribution in [0.4, 0.5) is 10.1 Å². The Hall–Kier alpha value is -2.16. The number of nitrogen functional groups attached to an aromatic ring is 1. The lowest BCUT2D eigenvalue weighted by Gasteiger charge is -2.08. The standard InChI is InChI=1S/C15H14FNO/c1-9-4-3-5-12(14(9)17)15(18)11-6-7-13(16)10(2)8-11/h3-8H,17H2,1-2H3. The van der Waals surface area contributed by atoms with Gasteiger partial charge in [0.1, 0.15) is 5.82 Å². The van der Waals surface area contributed by atoms with Crippen LogP contribution in [-0.2, 0) is 0 Å². The topological polar surface area (TPSA) is 43.1 Å². The van der Waals surface area contributed by atoms with Crippen LogP contribution in [0.1, 0.15) is 27.0 Å². The summed E-state index contributed by atoms with van der Waals surface area (Å²) in [7, 11) is 0. The Morgan fingerprint density at radius 3 is 2.50 bits per heavy atom. The fourth-order valence-electron chi connectivity index (χ4n) is 1.82. The lowest BCUT2D eigenvalue weighted by Crippen LogP contribution is -2.07. The molecule has 0 saturated carbocycles. The van der Waals surface area contributed by atoms with Crippen LogP contribution in [0.15, 0.2) is 36.4 Å². The smallest absolute Gasteiger partial charge is 0.195 e. The van der Waals surface area contributed by atoms with Crippen LogP contribution in [0, 0.1) is 19.7 Å². The number of rotatable bonds is 2. The molecule has 2 aromatic carbocycles. The summed E-state index contributed by atoms with van der Waals surface area (Å²) in [6.07, 6.45) is 0. The molecular formula is C15H14FNO. The summed E-state index contributed by atoms with van der Waals surface area (Å²) in [5, 5.41) is 0. The molecule has 18 heavy (non-hydrogen) atoms. The minimum atomic E-state index is -0.316. The fraction of sp³-hybridized carbons (Fsp3) is 0.133. The normalized spacial score (nSPS) is 10.4. The van der Waals surface area contributed by atoms with Crippen molar-refractivity contribution in [2.24, 2.45) is 0 Å². The van der Waals surface area contributed by atoms with E-state index in [4.69, 9.17) is 5.73 Å². The Morgan fingerprint density at radius 1 is 1.11 bits per heavy atom. The third kappa shape index (κ3) is 2.12. The summed E-state index contributed by atoms with van der Waals surface area (Å²) in [6.45, 7) is 3.48. The molecule has 0 aromatic heterocycles. The molecule has 0 aliphatic rings. The largest absolute Gasteiger partial charge is 0.398 e. The first-order valence-corrected chi connectivity index (χ1v) is 5.66. The number of ketones is 1. The van der Waals surface area contributed by atoms with Crippen LogP contribution in [0.25, 0.3) is 0 Å². The highest BCUT2D eigenvalue weighted by molar-refractivity contribution is 6.12. The number of anilines is 1. The Bertz CT molecular complexity index is 620. The van der Waals surface area contributed by atoms with E-state index in [1.807, 2.05) is 13.0 Å². The van der Waals surface area contributed by atoms with Gasteiger partial charge in [-0.2, -0.15) is 0 Å². The maximum absolute atomic E-state index is 13.2. The van der Waals surface area contributed by atoms with Crippen LogP contribution < -0.4 is 5.73 Å². The van der Waals surface area contributed by atoms with Crippen molar-refractivity contribution in [2.75, 3.05) is 5.73 Å². The van der Waals surface area contributed by atoms with E-state index in [0.717, 1.165) is 5.56 Å². The molecule has 0 spiro atoms. The van der Waals surface area contributed by atoms with Gasteiger partial charge >= 0.3 is 0 Å². The lowest BCUT2D eigenvalue weighted by molar-refractivity contribution is 0.103. The molecule has 0 saturated heterocycles. The third-order valence-corrected chi connectivity index (χ3v) is 2.99. The van der Waals surface area contributed by atoms with E-state index in [-0.39, 0.29) is 11.6 Å². The Labute approximate surface area is 105 Å². The van der Waals surface area contributed by atoms with Crippen molar-refractivity contribution < 1.29 is 9.18 Å². The van der Waals surface area contributed by atoms with E-state index >= 15 is 0 Å². The zero-order valence-electron chi connectivity index (χ0n) is 10.3. The highest BCUT2D eigenvalue weighted by Gasteiger charge is 2.14. The van der Waals surface area contributed by atoms with Gasteiger partial charge in [-0.1, -0.05) is 12.1 Å². The van der Waals surface area contributed by atoms with Crippen molar-refractivity contribution >= 4 is 11.5 Å². The minimum absolute atomic E-state index is 0.181. The average molecular weight is 243 g/mol. The maximum atomic E-state index is 13.2. The molecule has 0 atom stereocenters. The molecule has 0 heterocycles. The quantitative estimate of drug-likeness (QED) is 0.650. The van der Waals surface area contributed by atoms with E-state index < -0.39 is 0 Å². The first-order valence-electron chi connectivity index (χ1n) is 5.66. The van der Waals surface area contributed by atoms with Gasteiger partial charge in [0.25, 0.3) is 0 Å². The van der Waals surface area contributed by atoms with E-state index in [9.17, 15) is 9.18 Å². The molecular weight excluding hydrogens is 229 g/mol. The molecule has 2 N–H and O–H groups in total. The number of benzene rings is 2. The van der Waals surface area contributed by atoms with Gasteiger partial charge in [0, 0.05) is 16.8 Å². The third-order valence-electron chi connectivity index (χ3n) is 2.99.